The summed E-state index contributed by atoms with van der Waals surface area (Å²) in [5, 5.41) is 4.07. The molecule has 1 saturated heterocycles. The van der Waals surface area contributed by atoms with Crippen LogP contribution in [0.1, 0.15) is 16.7 Å². The summed E-state index contributed by atoms with van der Waals surface area (Å²) in [6.45, 7) is 7.03. The van der Waals surface area contributed by atoms with Crippen LogP contribution in [0.4, 0.5) is 0 Å². The maximum absolute atomic E-state index is 12.2. The van der Waals surface area contributed by atoms with Crippen LogP contribution in [0, 0.1) is 6.92 Å². The molecule has 1 aliphatic rings. The lowest BCUT2D eigenvalue weighted by atomic mass is 10.1. The highest BCUT2D eigenvalue weighted by Gasteiger charge is 2.18. The van der Waals surface area contributed by atoms with Crippen molar-refractivity contribution in [3.8, 4) is 11.5 Å². The first-order valence-corrected chi connectivity index (χ1v) is 10.1. The van der Waals surface area contributed by atoms with E-state index in [0.29, 0.717) is 18.0 Å². The zero-order chi connectivity index (χ0) is 21.3. The van der Waals surface area contributed by atoms with E-state index in [-0.39, 0.29) is 5.91 Å². The molecular weight excluding hydrogens is 380 g/mol. The second-order valence-corrected chi connectivity index (χ2v) is 7.44. The van der Waals surface area contributed by atoms with Gasteiger partial charge in [0.2, 0.25) is 0 Å². The van der Waals surface area contributed by atoms with Gasteiger partial charge in [0.15, 0.2) is 0 Å². The minimum Gasteiger partial charge on any atom is -0.497 e. The summed E-state index contributed by atoms with van der Waals surface area (Å²) in [6, 6.07) is 14.1. The van der Waals surface area contributed by atoms with Crippen molar-refractivity contribution in [3.63, 3.8) is 0 Å². The van der Waals surface area contributed by atoms with Crippen LogP contribution in [0.2, 0.25) is 0 Å². The number of piperazine rings is 1. The fourth-order valence-corrected chi connectivity index (χ4v) is 3.41. The molecule has 1 aliphatic heterocycles. The first kappa shape index (κ1) is 21.8. The molecule has 160 valence electrons. The van der Waals surface area contributed by atoms with Gasteiger partial charge in [0.1, 0.15) is 11.5 Å². The van der Waals surface area contributed by atoms with Crippen molar-refractivity contribution < 1.29 is 14.3 Å². The standard InChI is InChI=1S/C23H30N4O3/c1-18-4-6-19(7-5-18)16-26-10-12-27(13-11-26)17-23(28)25-24-15-20-14-21(29-2)8-9-22(20)30-3/h4-9,14-15H,10-13,16-17H2,1-3H3,(H,25,28)/b24-15-. The molecule has 2 aromatic rings. The molecule has 0 saturated carbocycles. The maximum Gasteiger partial charge on any atom is 0.254 e. The van der Waals surface area contributed by atoms with Crippen molar-refractivity contribution in [1.82, 2.24) is 15.2 Å². The minimum absolute atomic E-state index is 0.125. The Hall–Kier alpha value is -2.90. The molecule has 0 atom stereocenters. The number of benzene rings is 2. The lowest BCUT2D eigenvalue weighted by Crippen LogP contribution is -2.48. The van der Waals surface area contributed by atoms with Gasteiger partial charge < -0.3 is 9.47 Å². The molecule has 0 aliphatic carbocycles. The number of hydrogen-bond donors (Lipinski definition) is 1. The number of aryl methyl sites for hydroxylation is 1. The first-order chi connectivity index (χ1) is 14.6. The third kappa shape index (κ3) is 6.30. The molecule has 1 fully saturated rings. The van der Waals surface area contributed by atoms with Gasteiger partial charge in [0.25, 0.3) is 5.91 Å². The Balaban J connectivity index is 1.43. The van der Waals surface area contributed by atoms with E-state index in [1.165, 1.54) is 11.1 Å². The molecule has 7 heteroatoms. The average molecular weight is 411 g/mol. The van der Waals surface area contributed by atoms with Gasteiger partial charge >= 0.3 is 0 Å². The van der Waals surface area contributed by atoms with E-state index in [1.54, 1.807) is 26.5 Å². The molecular formula is C23H30N4O3. The van der Waals surface area contributed by atoms with Gasteiger partial charge in [0.05, 0.1) is 27.0 Å². The van der Waals surface area contributed by atoms with E-state index in [9.17, 15) is 4.79 Å². The van der Waals surface area contributed by atoms with Gasteiger partial charge in [-0.25, -0.2) is 5.43 Å². The highest BCUT2D eigenvalue weighted by molar-refractivity contribution is 5.86. The first-order valence-electron chi connectivity index (χ1n) is 10.1. The number of nitrogens with zero attached hydrogens (tertiary/aromatic N) is 3. The highest BCUT2D eigenvalue weighted by Crippen LogP contribution is 2.22. The summed E-state index contributed by atoms with van der Waals surface area (Å²) < 4.78 is 10.5. The number of methoxy groups -OCH3 is 2. The largest absolute Gasteiger partial charge is 0.497 e. The number of rotatable bonds is 8. The number of ether oxygens (including phenoxy) is 2. The summed E-state index contributed by atoms with van der Waals surface area (Å²) >= 11 is 0. The Bertz CT molecular complexity index is 859. The number of nitrogens with one attached hydrogen (secondary N) is 1. The molecule has 3 rings (SSSR count). The van der Waals surface area contributed by atoms with Crippen molar-refractivity contribution in [3.05, 3.63) is 59.2 Å². The van der Waals surface area contributed by atoms with Gasteiger partial charge in [-0.1, -0.05) is 29.8 Å². The fraction of sp³-hybridized carbons (Fsp3) is 0.391. The van der Waals surface area contributed by atoms with Crippen LogP contribution in [0.5, 0.6) is 11.5 Å². The highest BCUT2D eigenvalue weighted by atomic mass is 16.5. The molecule has 0 aromatic heterocycles. The Kier molecular flexibility index (Phi) is 7.82. The third-order valence-electron chi connectivity index (χ3n) is 5.19. The van der Waals surface area contributed by atoms with Gasteiger partial charge in [-0.15, -0.1) is 0 Å². The topological polar surface area (TPSA) is 66.4 Å². The predicted octanol–water partition coefficient (Wildman–Crippen LogP) is 2.28. The zero-order valence-corrected chi connectivity index (χ0v) is 17.9. The van der Waals surface area contributed by atoms with Crippen LogP contribution < -0.4 is 14.9 Å². The second-order valence-electron chi connectivity index (χ2n) is 7.44. The van der Waals surface area contributed by atoms with Crippen molar-refractivity contribution in [2.45, 2.75) is 13.5 Å². The summed E-state index contributed by atoms with van der Waals surface area (Å²) in [7, 11) is 3.20. The lowest BCUT2D eigenvalue weighted by molar-refractivity contribution is -0.122. The Labute approximate surface area is 178 Å². The number of amides is 1. The second kappa shape index (κ2) is 10.8. The molecule has 0 bridgehead atoms. The van der Waals surface area contributed by atoms with Crippen LogP contribution in [0.3, 0.4) is 0 Å². The van der Waals surface area contributed by atoms with E-state index in [2.05, 4.69) is 51.5 Å². The zero-order valence-electron chi connectivity index (χ0n) is 17.9. The van der Waals surface area contributed by atoms with Crippen LogP contribution in [-0.2, 0) is 11.3 Å². The quantitative estimate of drug-likeness (QED) is 0.534. The smallest absolute Gasteiger partial charge is 0.254 e. The molecule has 2 aromatic carbocycles. The molecule has 30 heavy (non-hydrogen) atoms. The van der Waals surface area contributed by atoms with Gasteiger partial charge in [-0.2, -0.15) is 5.10 Å². The minimum atomic E-state index is -0.125. The lowest BCUT2D eigenvalue weighted by Gasteiger charge is -2.34. The van der Waals surface area contributed by atoms with Crippen molar-refractivity contribution >= 4 is 12.1 Å². The van der Waals surface area contributed by atoms with Crippen molar-refractivity contribution in [2.24, 2.45) is 5.10 Å². The van der Waals surface area contributed by atoms with Gasteiger partial charge in [-0.3, -0.25) is 14.6 Å². The monoisotopic (exact) mass is 410 g/mol. The average Bonchev–Trinajstić information content (AvgIpc) is 2.76. The third-order valence-corrected chi connectivity index (χ3v) is 5.19. The van der Waals surface area contributed by atoms with E-state index >= 15 is 0 Å². The Morgan fingerprint density at radius 3 is 2.40 bits per heavy atom. The van der Waals surface area contributed by atoms with Crippen molar-refractivity contribution in [2.75, 3.05) is 46.9 Å². The summed E-state index contributed by atoms with van der Waals surface area (Å²) in [4.78, 5) is 16.8. The van der Waals surface area contributed by atoms with E-state index < -0.39 is 0 Å². The molecule has 0 unspecified atom stereocenters. The van der Waals surface area contributed by atoms with Gasteiger partial charge in [0, 0.05) is 38.3 Å². The summed E-state index contributed by atoms with van der Waals surface area (Å²) in [5.41, 5.74) is 5.95. The normalized spacial score (nSPS) is 15.3. The molecule has 7 nitrogen and oxygen atoms in total. The van der Waals surface area contributed by atoms with Crippen LogP contribution >= 0.6 is 0 Å². The molecule has 0 radical (unpaired) electrons. The predicted molar refractivity (Wildman–Crippen MR) is 118 cm³/mol. The summed E-state index contributed by atoms with van der Waals surface area (Å²) in [5.74, 6) is 1.24. The SMILES string of the molecule is COc1ccc(OC)c(/C=N\NC(=O)CN2CCN(Cc3ccc(C)cc3)CC2)c1. The van der Waals surface area contributed by atoms with Crippen LogP contribution in [0.15, 0.2) is 47.6 Å². The molecule has 1 heterocycles. The maximum atomic E-state index is 12.2. The number of hydrazone groups is 1. The summed E-state index contributed by atoms with van der Waals surface area (Å²) in [6.07, 6.45) is 1.57. The Morgan fingerprint density at radius 2 is 1.73 bits per heavy atom. The molecule has 1 amide bonds. The van der Waals surface area contributed by atoms with Crippen LogP contribution in [-0.4, -0.2) is 68.9 Å². The van der Waals surface area contributed by atoms with Crippen LogP contribution in [0.25, 0.3) is 0 Å². The number of carbonyl (C=O) groups is 1. The Morgan fingerprint density at radius 1 is 1.03 bits per heavy atom. The molecule has 0 spiro atoms. The van der Waals surface area contributed by atoms with Gasteiger partial charge in [-0.05, 0) is 30.7 Å². The number of carbonyl (C=O) groups excluding carboxylic acids is 1. The van der Waals surface area contributed by atoms with E-state index in [4.69, 9.17) is 9.47 Å². The molecule has 1 N–H and O–H groups in total. The number of hydrogen-bond acceptors (Lipinski definition) is 6. The van der Waals surface area contributed by atoms with E-state index in [0.717, 1.165) is 38.3 Å². The van der Waals surface area contributed by atoms with E-state index in [1.807, 2.05) is 12.1 Å². The van der Waals surface area contributed by atoms with Crippen molar-refractivity contribution in [1.29, 1.82) is 0 Å². The fourth-order valence-electron chi connectivity index (χ4n) is 3.41.